The minimum absolute atomic E-state index is 0.00934. The number of amides is 1. The lowest BCUT2D eigenvalue weighted by atomic mass is 9.87. The molecule has 1 aromatic carbocycles. The second-order valence-electron chi connectivity index (χ2n) is 11.6. The van der Waals surface area contributed by atoms with Crippen LogP contribution in [0.4, 0.5) is 23.9 Å². The molecule has 0 aliphatic carbocycles. The fraction of sp³-hybridized carbons (Fsp3) is 0.633. The summed E-state index contributed by atoms with van der Waals surface area (Å²) in [7, 11) is 2.04. The van der Waals surface area contributed by atoms with E-state index in [4.69, 9.17) is 21.1 Å². The van der Waals surface area contributed by atoms with Crippen molar-refractivity contribution in [3.63, 3.8) is 0 Å². The van der Waals surface area contributed by atoms with E-state index in [-0.39, 0.29) is 48.0 Å². The van der Waals surface area contributed by atoms with Gasteiger partial charge in [0.05, 0.1) is 24.1 Å². The Morgan fingerprint density at radius 1 is 1.12 bits per heavy atom. The summed E-state index contributed by atoms with van der Waals surface area (Å²) in [4.78, 5) is 28.3. The summed E-state index contributed by atoms with van der Waals surface area (Å²) in [5.41, 5.74) is -0.407. The maximum atomic E-state index is 13.6. The summed E-state index contributed by atoms with van der Waals surface area (Å²) < 4.78 is 52.6. The van der Waals surface area contributed by atoms with E-state index in [1.165, 1.54) is 0 Å². The van der Waals surface area contributed by atoms with Gasteiger partial charge in [-0.05, 0) is 76.8 Å². The predicted octanol–water partition coefficient (Wildman–Crippen LogP) is 6.80. The van der Waals surface area contributed by atoms with Crippen molar-refractivity contribution in [3.8, 4) is 5.75 Å². The molecule has 0 radical (unpaired) electrons. The van der Waals surface area contributed by atoms with Crippen molar-refractivity contribution in [2.75, 3.05) is 25.0 Å². The van der Waals surface area contributed by atoms with E-state index in [9.17, 15) is 18.0 Å². The normalized spacial score (nSPS) is 23.3. The minimum Gasteiger partial charge on any atom is -0.486 e. The molecule has 8 nitrogen and oxygen atoms in total. The summed E-state index contributed by atoms with van der Waals surface area (Å²) in [5, 5.41) is 0.00934. The number of alkyl halides is 3. The van der Waals surface area contributed by atoms with Gasteiger partial charge in [-0.2, -0.15) is 13.2 Å². The van der Waals surface area contributed by atoms with E-state index in [1.54, 1.807) is 18.5 Å². The van der Waals surface area contributed by atoms with E-state index >= 15 is 0 Å². The standard InChI is InChI=1S/C30H41ClF3N5O3/c1-6-23-13-25(14-24(7-2)39(23)29(40)41-19(3)4)38(17-20-10-21(30(32,33)34)12-22(31)11-20)28-35-15-27(16-36-28)42-26-8-9-37(5)18-26/h10-12,15-16,19,23-26H,6-9,13-14,17-18H2,1-5H3/t23-,24+,25?,26-/m0/s1. The van der Waals surface area contributed by atoms with Crippen LogP contribution in [0.15, 0.2) is 30.6 Å². The number of carbonyl (C=O) groups is 1. The second-order valence-corrected chi connectivity index (χ2v) is 12.0. The number of anilines is 1. The molecule has 2 aromatic rings. The number of aromatic nitrogens is 2. The fourth-order valence-electron chi connectivity index (χ4n) is 5.96. The Balaban J connectivity index is 1.65. The molecule has 4 atom stereocenters. The Morgan fingerprint density at radius 2 is 1.76 bits per heavy atom. The summed E-state index contributed by atoms with van der Waals surface area (Å²) in [6.45, 7) is 9.58. The monoisotopic (exact) mass is 611 g/mol. The third kappa shape index (κ3) is 7.98. The Labute approximate surface area is 251 Å². The zero-order valence-corrected chi connectivity index (χ0v) is 25.7. The van der Waals surface area contributed by atoms with Crippen LogP contribution in [0.1, 0.15) is 70.9 Å². The lowest BCUT2D eigenvalue weighted by molar-refractivity contribution is -0.137. The van der Waals surface area contributed by atoms with Crippen molar-refractivity contribution >= 4 is 23.6 Å². The van der Waals surface area contributed by atoms with Crippen molar-refractivity contribution in [1.82, 2.24) is 19.8 Å². The number of halogens is 4. The number of rotatable bonds is 9. The van der Waals surface area contributed by atoms with Crippen LogP contribution < -0.4 is 9.64 Å². The molecule has 0 spiro atoms. The molecule has 2 aliphatic rings. The number of hydrogen-bond acceptors (Lipinski definition) is 7. The molecule has 12 heteroatoms. The first-order valence-electron chi connectivity index (χ1n) is 14.7. The zero-order chi connectivity index (χ0) is 30.6. The largest absolute Gasteiger partial charge is 0.486 e. The zero-order valence-electron chi connectivity index (χ0n) is 24.9. The number of benzene rings is 1. The lowest BCUT2D eigenvalue weighted by Gasteiger charge is -2.47. The van der Waals surface area contributed by atoms with Crippen LogP contribution in [0.25, 0.3) is 0 Å². The molecule has 0 bridgehead atoms. The first-order chi connectivity index (χ1) is 19.9. The quantitative estimate of drug-likeness (QED) is 0.309. The number of likely N-dealkylation sites (tertiary alicyclic amines) is 2. The predicted molar refractivity (Wildman–Crippen MR) is 156 cm³/mol. The fourth-order valence-corrected chi connectivity index (χ4v) is 6.22. The van der Waals surface area contributed by atoms with Crippen molar-refractivity contribution in [3.05, 3.63) is 46.7 Å². The van der Waals surface area contributed by atoms with Gasteiger partial charge < -0.3 is 24.2 Å². The van der Waals surface area contributed by atoms with E-state index in [0.717, 1.165) is 31.6 Å². The molecule has 232 valence electrons. The molecule has 42 heavy (non-hydrogen) atoms. The Bertz CT molecular complexity index is 1190. The Hall–Kier alpha value is -2.79. The summed E-state index contributed by atoms with van der Waals surface area (Å²) in [6, 6.07) is 3.21. The van der Waals surface area contributed by atoms with Crippen LogP contribution in [-0.4, -0.2) is 76.3 Å². The molecular formula is C30H41ClF3N5O3. The van der Waals surface area contributed by atoms with E-state index < -0.39 is 11.7 Å². The molecule has 2 fully saturated rings. The van der Waals surface area contributed by atoms with Crippen LogP contribution in [0, 0.1) is 0 Å². The average molecular weight is 612 g/mol. The molecule has 4 rings (SSSR count). The Morgan fingerprint density at radius 3 is 2.29 bits per heavy atom. The van der Waals surface area contributed by atoms with E-state index in [0.29, 0.717) is 42.9 Å². The molecule has 2 aliphatic heterocycles. The highest BCUT2D eigenvalue weighted by Gasteiger charge is 2.41. The molecular weight excluding hydrogens is 571 g/mol. The highest BCUT2D eigenvalue weighted by molar-refractivity contribution is 6.30. The van der Waals surface area contributed by atoms with Gasteiger partial charge in [0.1, 0.15) is 6.10 Å². The third-order valence-electron chi connectivity index (χ3n) is 7.97. The molecule has 1 amide bonds. The van der Waals surface area contributed by atoms with Gasteiger partial charge >= 0.3 is 12.3 Å². The first-order valence-corrected chi connectivity index (χ1v) is 15.0. The molecule has 1 unspecified atom stereocenters. The third-order valence-corrected chi connectivity index (χ3v) is 8.18. The second kappa shape index (κ2) is 13.7. The molecule has 2 saturated heterocycles. The van der Waals surface area contributed by atoms with Crippen molar-refractivity contribution in [2.24, 2.45) is 0 Å². The molecule has 3 heterocycles. The van der Waals surface area contributed by atoms with E-state index in [2.05, 4.69) is 14.9 Å². The SMILES string of the molecule is CC[C@@H]1CC(N(Cc2cc(Cl)cc(C(F)(F)F)c2)c2ncc(O[C@H]3CCN(C)C3)cn2)C[C@H](CC)N1C(=O)OC(C)C. The summed E-state index contributed by atoms with van der Waals surface area (Å²) >= 11 is 6.14. The summed E-state index contributed by atoms with van der Waals surface area (Å²) in [6.07, 6.45) is 1.67. The minimum atomic E-state index is -4.53. The smallest absolute Gasteiger partial charge is 0.416 e. The summed E-state index contributed by atoms with van der Waals surface area (Å²) in [5.74, 6) is 0.928. The highest BCUT2D eigenvalue weighted by Crippen LogP contribution is 2.36. The van der Waals surface area contributed by atoms with Gasteiger partial charge in [-0.1, -0.05) is 25.4 Å². The van der Waals surface area contributed by atoms with Crippen LogP contribution in [0.2, 0.25) is 5.02 Å². The van der Waals surface area contributed by atoms with Gasteiger partial charge in [0.25, 0.3) is 0 Å². The molecule has 0 N–H and O–H groups in total. The number of piperidine rings is 1. The van der Waals surface area contributed by atoms with Crippen LogP contribution >= 0.6 is 11.6 Å². The van der Waals surface area contributed by atoms with Crippen molar-refractivity contribution < 1.29 is 27.4 Å². The van der Waals surface area contributed by atoms with Gasteiger partial charge in [0, 0.05) is 42.8 Å². The van der Waals surface area contributed by atoms with Crippen molar-refractivity contribution in [2.45, 2.75) is 103 Å². The lowest BCUT2D eigenvalue weighted by Crippen LogP contribution is -2.57. The maximum Gasteiger partial charge on any atom is 0.416 e. The van der Waals surface area contributed by atoms with Crippen LogP contribution in [-0.2, 0) is 17.5 Å². The topological polar surface area (TPSA) is 71.0 Å². The highest BCUT2D eigenvalue weighted by atomic mass is 35.5. The van der Waals surface area contributed by atoms with Gasteiger partial charge in [-0.3, -0.25) is 0 Å². The van der Waals surface area contributed by atoms with Crippen molar-refractivity contribution in [1.29, 1.82) is 0 Å². The number of ether oxygens (including phenoxy) is 2. The van der Waals surface area contributed by atoms with Gasteiger partial charge in [0.15, 0.2) is 5.75 Å². The van der Waals surface area contributed by atoms with Gasteiger partial charge in [-0.25, -0.2) is 14.8 Å². The first kappa shape index (κ1) is 32.1. The number of hydrogen-bond donors (Lipinski definition) is 0. The number of likely N-dealkylation sites (N-methyl/N-ethyl adjacent to an activating group) is 1. The molecule has 0 saturated carbocycles. The van der Waals surface area contributed by atoms with Gasteiger partial charge in [-0.15, -0.1) is 0 Å². The number of carbonyl (C=O) groups excluding carboxylic acids is 1. The Kier molecular flexibility index (Phi) is 10.5. The average Bonchev–Trinajstić information content (AvgIpc) is 3.34. The molecule has 1 aromatic heterocycles. The van der Waals surface area contributed by atoms with Crippen LogP contribution in [0.5, 0.6) is 5.75 Å². The number of nitrogens with zero attached hydrogens (tertiary/aromatic N) is 5. The van der Waals surface area contributed by atoms with Crippen LogP contribution in [0.3, 0.4) is 0 Å². The maximum absolute atomic E-state index is 13.6. The van der Waals surface area contributed by atoms with E-state index in [1.807, 2.05) is 44.5 Å². The van der Waals surface area contributed by atoms with Gasteiger partial charge in [0.2, 0.25) is 5.95 Å².